The number of carbonyl (C=O) groups is 2. The Morgan fingerprint density at radius 3 is 2.91 bits per heavy atom. The topological polar surface area (TPSA) is 79.3 Å². The lowest BCUT2D eigenvalue weighted by atomic mass is 10.2. The molecule has 0 unspecified atom stereocenters. The van der Waals surface area contributed by atoms with Gasteiger partial charge in [-0.25, -0.2) is 14.2 Å². The SMILES string of the molecule is O=Cc1cccnc1Sc1ccc(Cl)c(F)c1CNC(=O)O. The molecule has 2 aromatic rings. The number of aldehydes is 1. The molecular weight excluding hydrogens is 331 g/mol. The number of benzene rings is 1. The van der Waals surface area contributed by atoms with Gasteiger partial charge in [0.2, 0.25) is 0 Å². The van der Waals surface area contributed by atoms with Crippen molar-refractivity contribution < 1.29 is 19.1 Å². The van der Waals surface area contributed by atoms with Crippen molar-refractivity contribution in [3.8, 4) is 0 Å². The monoisotopic (exact) mass is 340 g/mol. The molecular formula is C14H10ClFN2O3S. The summed E-state index contributed by atoms with van der Waals surface area (Å²) in [5, 5.41) is 11.1. The van der Waals surface area contributed by atoms with Gasteiger partial charge in [0.05, 0.1) is 11.6 Å². The molecule has 0 fully saturated rings. The normalized spacial score (nSPS) is 10.3. The van der Waals surface area contributed by atoms with E-state index in [1.807, 2.05) is 0 Å². The molecule has 22 heavy (non-hydrogen) atoms. The van der Waals surface area contributed by atoms with Crippen LogP contribution in [0.3, 0.4) is 0 Å². The van der Waals surface area contributed by atoms with Crippen LogP contribution in [0.2, 0.25) is 5.02 Å². The first-order valence-electron chi connectivity index (χ1n) is 6.04. The molecule has 1 amide bonds. The van der Waals surface area contributed by atoms with E-state index in [0.29, 0.717) is 21.8 Å². The van der Waals surface area contributed by atoms with Gasteiger partial charge in [0.25, 0.3) is 0 Å². The van der Waals surface area contributed by atoms with Crippen LogP contribution in [0, 0.1) is 5.82 Å². The van der Waals surface area contributed by atoms with Crippen molar-refractivity contribution in [3.05, 3.63) is 52.4 Å². The Kier molecular flexibility index (Phi) is 5.35. The summed E-state index contributed by atoms with van der Waals surface area (Å²) in [6, 6.07) is 6.12. The lowest BCUT2D eigenvalue weighted by Crippen LogP contribution is -2.21. The van der Waals surface area contributed by atoms with Gasteiger partial charge in [-0.15, -0.1) is 0 Å². The number of nitrogens with zero attached hydrogens (tertiary/aromatic N) is 1. The zero-order valence-electron chi connectivity index (χ0n) is 11.0. The molecule has 1 aromatic carbocycles. The van der Waals surface area contributed by atoms with Crippen molar-refractivity contribution in [1.82, 2.24) is 10.3 Å². The number of hydrogen-bond acceptors (Lipinski definition) is 4. The first-order valence-corrected chi connectivity index (χ1v) is 7.24. The van der Waals surface area contributed by atoms with E-state index < -0.39 is 11.9 Å². The number of carbonyl (C=O) groups excluding carboxylic acids is 1. The zero-order valence-corrected chi connectivity index (χ0v) is 12.6. The minimum atomic E-state index is -1.28. The summed E-state index contributed by atoms with van der Waals surface area (Å²) < 4.78 is 14.1. The van der Waals surface area contributed by atoms with Crippen LogP contribution in [0.25, 0.3) is 0 Å². The maximum absolute atomic E-state index is 14.1. The van der Waals surface area contributed by atoms with Gasteiger partial charge in [-0.2, -0.15) is 0 Å². The fourth-order valence-electron chi connectivity index (χ4n) is 1.68. The van der Waals surface area contributed by atoms with E-state index in [1.165, 1.54) is 12.3 Å². The van der Waals surface area contributed by atoms with E-state index in [-0.39, 0.29) is 17.1 Å². The molecule has 0 saturated heterocycles. The summed E-state index contributed by atoms with van der Waals surface area (Å²) in [6.45, 7) is -0.243. The Morgan fingerprint density at radius 2 is 2.23 bits per heavy atom. The first-order chi connectivity index (χ1) is 10.5. The molecule has 0 spiro atoms. The smallest absolute Gasteiger partial charge is 0.404 e. The zero-order chi connectivity index (χ0) is 16.1. The maximum atomic E-state index is 14.1. The Balaban J connectivity index is 2.39. The minimum absolute atomic E-state index is 0.0994. The van der Waals surface area contributed by atoms with Crippen molar-refractivity contribution in [2.45, 2.75) is 16.5 Å². The molecule has 114 valence electrons. The lowest BCUT2D eigenvalue weighted by Gasteiger charge is -2.11. The highest BCUT2D eigenvalue weighted by molar-refractivity contribution is 7.99. The van der Waals surface area contributed by atoms with Crippen LogP contribution in [0.4, 0.5) is 9.18 Å². The minimum Gasteiger partial charge on any atom is -0.465 e. The molecule has 1 heterocycles. The van der Waals surface area contributed by atoms with Gasteiger partial charge < -0.3 is 10.4 Å². The third kappa shape index (κ3) is 3.75. The van der Waals surface area contributed by atoms with E-state index in [0.717, 1.165) is 11.8 Å². The van der Waals surface area contributed by atoms with Gasteiger partial charge in [0.15, 0.2) is 6.29 Å². The summed E-state index contributed by atoms with van der Waals surface area (Å²) in [5.74, 6) is -0.705. The fraction of sp³-hybridized carbons (Fsp3) is 0.0714. The number of rotatable bonds is 5. The molecule has 0 bridgehead atoms. The first kappa shape index (κ1) is 16.3. The predicted octanol–water partition coefficient (Wildman–Crippen LogP) is 3.61. The van der Waals surface area contributed by atoms with Crippen molar-refractivity contribution in [1.29, 1.82) is 0 Å². The highest BCUT2D eigenvalue weighted by atomic mass is 35.5. The molecule has 8 heteroatoms. The third-order valence-corrected chi connectivity index (χ3v) is 4.13. The van der Waals surface area contributed by atoms with Crippen molar-refractivity contribution in [3.63, 3.8) is 0 Å². The molecule has 2 N–H and O–H groups in total. The summed E-state index contributed by atoms with van der Waals surface area (Å²) in [6.07, 6.45) is 0.884. The number of amides is 1. The van der Waals surface area contributed by atoms with Crippen LogP contribution >= 0.6 is 23.4 Å². The van der Waals surface area contributed by atoms with Crippen LogP contribution in [0.5, 0.6) is 0 Å². The molecule has 0 radical (unpaired) electrons. The summed E-state index contributed by atoms with van der Waals surface area (Å²) in [5.41, 5.74) is 0.461. The van der Waals surface area contributed by atoms with Crippen LogP contribution < -0.4 is 5.32 Å². The average molecular weight is 341 g/mol. The molecule has 0 saturated carbocycles. The lowest BCUT2D eigenvalue weighted by molar-refractivity contribution is 0.112. The van der Waals surface area contributed by atoms with Gasteiger partial charge >= 0.3 is 6.09 Å². The van der Waals surface area contributed by atoms with Gasteiger partial charge in [0, 0.05) is 22.2 Å². The second-order valence-electron chi connectivity index (χ2n) is 4.11. The highest BCUT2D eigenvalue weighted by Crippen LogP contribution is 2.34. The van der Waals surface area contributed by atoms with E-state index in [4.69, 9.17) is 16.7 Å². The standard InChI is InChI=1S/C14H10ClFN2O3S/c15-10-3-4-11(9(12(10)16)6-18-14(20)21)22-13-8(7-19)2-1-5-17-13/h1-5,7,18H,6H2,(H,20,21). The van der Waals surface area contributed by atoms with Crippen LogP contribution in [-0.2, 0) is 6.54 Å². The highest BCUT2D eigenvalue weighted by Gasteiger charge is 2.16. The summed E-state index contributed by atoms with van der Waals surface area (Å²) in [7, 11) is 0. The number of nitrogens with one attached hydrogen (secondary N) is 1. The summed E-state index contributed by atoms with van der Waals surface area (Å²) >= 11 is 6.80. The molecule has 2 rings (SSSR count). The van der Waals surface area contributed by atoms with Gasteiger partial charge in [-0.05, 0) is 24.3 Å². The number of aromatic nitrogens is 1. The van der Waals surface area contributed by atoms with Gasteiger partial charge in [-0.3, -0.25) is 4.79 Å². The maximum Gasteiger partial charge on any atom is 0.404 e. The van der Waals surface area contributed by atoms with Crippen molar-refractivity contribution in [2.75, 3.05) is 0 Å². The molecule has 0 aliphatic carbocycles. The van der Waals surface area contributed by atoms with E-state index >= 15 is 0 Å². The van der Waals surface area contributed by atoms with Gasteiger partial charge in [-0.1, -0.05) is 23.4 Å². The third-order valence-electron chi connectivity index (χ3n) is 2.70. The van der Waals surface area contributed by atoms with Crippen LogP contribution in [0.15, 0.2) is 40.4 Å². The summed E-state index contributed by atoms with van der Waals surface area (Å²) in [4.78, 5) is 26.1. The Morgan fingerprint density at radius 1 is 1.45 bits per heavy atom. The quantitative estimate of drug-likeness (QED) is 0.813. The van der Waals surface area contributed by atoms with E-state index in [9.17, 15) is 14.0 Å². The molecule has 0 aliphatic rings. The van der Waals surface area contributed by atoms with Crippen LogP contribution in [0.1, 0.15) is 15.9 Å². The molecule has 0 aliphatic heterocycles. The Bertz CT molecular complexity index is 727. The predicted molar refractivity (Wildman–Crippen MR) is 80.0 cm³/mol. The molecule has 5 nitrogen and oxygen atoms in total. The number of carboxylic acid groups (broad SMARTS) is 1. The fourth-order valence-corrected chi connectivity index (χ4v) is 2.84. The van der Waals surface area contributed by atoms with E-state index in [2.05, 4.69) is 10.3 Å². The second kappa shape index (κ2) is 7.24. The Hall–Kier alpha value is -2.12. The second-order valence-corrected chi connectivity index (χ2v) is 5.55. The van der Waals surface area contributed by atoms with Crippen LogP contribution in [-0.4, -0.2) is 22.5 Å². The van der Waals surface area contributed by atoms with Gasteiger partial charge in [0.1, 0.15) is 10.8 Å². The average Bonchev–Trinajstić information content (AvgIpc) is 2.50. The largest absolute Gasteiger partial charge is 0.465 e. The molecule has 1 aromatic heterocycles. The number of hydrogen-bond donors (Lipinski definition) is 2. The Labute approximate surface area is 134 Å². The van der Waals surface area contributed by atoms with Crippen molar-refractivity contribution >= 4 is 35.7 Å². The van der Waals surface area contributed by atoms with E-state index in [1.54, 1.807) is 18.2 Å². The number of halogens is 2. The van der Waals surface area contributed by atoms with Crippen molar-refractivity contribution in [2.24, 2.45) is 0 Å². The number of pyridine rings is 1. The molecule has 0 atom stereocenters.